The Kier molecular flexibility index (Phi) is 5.03. The van der Waals surface area contributed by atoms with E-state index >= 15 is 0 Å². The minimum absolute atomic E-state index is 0.207. The first kappa shape index (κ1) is 16.4. The van der Waals surface area contributed by atoms with Gasteiger partial charge >= 0.3 is 5.97 Å². The topological polar surface area (TPSA) is 73.9 Å². The van der Waals surface area contributed by atoms with E-state index in [1.54, 1.807) is 25.1 Å². The van der Waals surface area contributed by atoms with Gasteiger partial charge in [-0.3, -0.25) is 4.79 Å². The lowest BCUT2D eigenvalue weighted by molar-refractivity contribution is -0.150. The number of rotatable bonds is 5. The van der Waals surface area contributed by atoms with Gasteiger partial charge in [0.25, 0.3) is 5.91 Å². The van der Waals surface area contributed by atoms with Crippen molar-refractivity contribution in [1.29, 1.82) is 0 Å². The lowest BCUT2D eigenvalue weighted by Gasteiger charge is -2.16. The Morgan fingerprint density at radius 3 is 2.79 bits per heavy atom. The van der Waals surface area contributed by atoms with Crippen molar-refractivity contribution in [2.24, 2.45) is 0 Å². The molecule has 0 spiro atoms. The van der Waals surface area contributed by atoms with Crippen LogP contribution in [-0.2, 0) is 14.3 Å². The molecule has 1 aliphatic carbocycles. The smallest absolute Gasteiger partial charge is 0.331 e. The summed E-state index contributed by atoms with van der Waals surface area (Å²) in [5.74, 6) is 0.537. The van der Waals surface area contributed by atoms with Crippen LogP contribution < -0.4 is 14.8 Å². The molecule has 128 valence electrons. The number of benzene rings is 1. The van der Waals surface area contributed by atoms with E-state index in [4.69, 9.17) is 14.2 Å². The number of nitrogens with one attached hydrogen (secondary N) is 1. The maximum atomic E-state index is 12.0. The number of ether oxygens (including phenoxy) is 3. The number of carbonyl (C=O) groups is 2. The second kappa shape index (κ2) is 7.38. The number of carbonyl (C=O) groups excluding carboxylic acids is 2. The third-order valence-electron chi connectivity index (χ3n) is 4.17. The second-order valence-electron chi connectivity index (χ2n) is 6.02. The molecule has 2 aliphatic rings. The maximum Gasteiger partial charge on any atom is 0.331 e. The molecule has 1 aromatic rings. The highest BCUT2D eigenvalue weighted by Gasteiger charge is 2.22. The predicted molar refractivity (Wildman–Crippen MR) is 87.6 cm³/mol. The van der Waals surface area contributed by atoms with Gasteiger partial charge in [0.2, 0.25) is 6.79 Å². The molecule has 6 nitrogen and oxygen atoms in total. The number of amides is 1. The number of hydrogen-bond donors (Lipinski definition) is 1. The molecule has 1 fully saturated rings. The summed E-state index contributed by atoms with van der Waals surface area (Å²) >= 11 is 0. The molecule has 6 heteroatoms. The largest absolute Gasteiger partial charge is 0.454 e. The predicted octanol–water partition coefficient (Wildman–Crippen LogP) is 2.42. The van der Waals surface area contributed by atoms with E-state index < -0.39 is 12.1 Å². The van der Waals surface area contributed by atoms with E-state index in [9.17, 15) is 9.59 Å². The van der Waals surface area contributed by atoms with Gasteiger partial charge in [-0.15, -0.1) is 0 Å². The summed E-state index contributed by atoms with van der Waals surface area (Å²) in [4.78, 5) is 23.9. The van der Waals surface area contributed by atoms with Gasteiger partial charge < -0.3 is 19.5 Å². The first-order valence-electron chi connectivity index (χ1n) is 8.20. The summed E-state index contributed by atoms with van der Waals surface area (Å²) in [5, 5.41) is 2.92. The summed E-state index contributed by atoms with van der Waals surface area (Å²) in [6.07, 6.45) is 6.38. The number of esters is 1. The standard InChI is InChI=1S/C18H21NO5/c1-12(18(21)19-14-4-2-3-5-14)24-17(20)9-7-13-6-8-15-16(10-13)23-11-22-15/h6-10,12,14H,2-5,11H2,1H3,(H,19,21)/b9-7+/t12-/m1/s1. The molecule has 0 aromatic heterocycles. The fourth-order valence-electron chi connectivity index (χ4n) is 2.84. The van der Waals surface area contributed by atoms with Gasteiger partial charge in [-0.05, 0) is 43.5 Å². The van der Waals surface area contributed by atoms with Crippen LogP contribution in [0.2, 0.25) is 0 Å². The highest BCUT2D eigenvalue weighted by atomic mass is 16.7. The van der Waals surface area contributed by atoms with Gasteiger partial charge in [0.05, 0.1) is 0 Å². The van der Waals surface area contributed by atoms with Crippen LogP contribution in [0.3, 0.4) is 0 Å². The zero-order valence-electron chi connectivity index (χ0n) is 13.6. The number of hydrogen-bond acceptors (Lipinski definition) is 5. The van der Waals surface area contributed by atoms with Gasteiger partial charge in [0.15, 0.2) is 17.6 Å². The van der Waals surface area contributed by atoms with E-state index in [0.717, 1.165) is 31.2 Å². The summed E-state index contributed by atoms with van der Waals surface area (Å²) in [6, 6.07) is 5.59. The quantitative estimate of drug-likeness (QED) is 0.662. The third-order valence-corrected chi connectivity index (χ3v) is 4.17. The van der Waals surface area contributed by atoms with Crippen LogP contribution in [0.1, 0.15) is 38.2 Å². The molecule has 1 atom stereocenters. The van der Waals surface area contributed by atoms with Crippen molar-refractivity contribution >= 4 is 18.0 Å². The molecule has 0 saturated heterocycles. The second-order valence-corrected chi connectivity index (χ2v) is 6.02. The van der Waals surface area contributed by atoms with Crippen molar-refractivity contribution in [2.75, 3.05) is 6.79 Å². The highest BCUT2D eigenvalue weighted by molar-refractivity contribution is 5.90. The maximum absolute atomic E-state index is 12.0. The zero-order valence-corrected chi connectivity index (χ0v) is 13.6. The van der Waals surface area contributed by atoms with E-state index in [1.165, 1.54) is 6.08 Å². The molecule has 0 unspecified atom stereocenters. The van der Waals surface area contributed by atoms with Crippen molar-refractivity contribution < 1.29 is 23.8 Å². The lowest BCUT2D eigenvalue weighted by atomic mass is 10.2. The van der Waals surface area contributed by atoms with Crippen LogP contribution in [0.25, 0.3) is 6.08 Å². The van der Waals surface area contributed by atoms with E-state index in [1.807, 2.05) is 6.07 Å². The Labute approximate surface area is 140 Å². The van der Waals surface area contributed by atoms with Gasteiger partial charge in [-0.2, -0.15) is 0 Å². The van der Waals surface area contributed by atoms with Crippen LogP contribution in [0.4, 0.5) is 0 Å². The Bertz CT molecular complexity index is 649. The molecular formula is C18H21NO5. The van der Waals surface area contributed by atoms with Crippen LogP contribution in [0.15, 0.2) is 24.3 Å². The van der Waals surface area contributed by atoms with E-state index in [2.05, 4.69) is 5.32 Å². The molecule has 1 amide bonds. The molecule has 1 N–H and O–H groups in total. The van der Waals surface area contributed by atoms with Gasteiger partial charge in [-0.1, -0.05) is 18.9 Å². The molecule has 0 bridgehead atoms. The Hall–Kier alpha value is -2.50. The molecule has 0 radical (unpaired) electrons. The summed E-state index contributed by atoms with van der Waals surface area (Å²) < 4.78 is 15.7. The SMILES string of the molecule is C[C@@H](OC(=O)/C=C/c1ccc2c(c1)OCO2)C(=O)NC1CCCC1. The third kappa shape index (κ3) is 4.07. The van der Waals surface area contributed by atoms with Crippen molar-refractivity contribution in [1.82, 2.24) is 5.32 Å². The van der Waals surface area contributed by atoms with Crippen molar-refractivity contribution in [3.05, 3.63) is 29.8 Å². The molecule has 1 aromatic carbocycles. The van der Waals surface area contributed by atoms with E-state index in [-0.39, 0.29) is 18.7 Å². The van der Waals surface area contributed by atoms with E-state index in [0.29, 0.717) is 11.5 Å². The fourth-order valence-corrected chi connectivity index (χ4v) is 2.84. The molecular weight excluding hydrogens is 310 g/mol. The average Bonchev–Trinajstić information content (AvgIpc) is 3.23. The van der Waals surface area contributed by atoms with Crippen molar-refractivity contribution in [3.8, 4) is 11.5 Å². The molecule has 1 aliphatic heterocycles. The van der Waals surface area contributed by atoms with Crippen LogP contribution in [0.5, 0.6) is 11.5 Å². The summed E-state index contributed by atoms with van der Waals surface area (Å²) in [6.45, 7) is 1.79. The van der Waals surface area contributed by atoms with Crippen molar-refractivity contribution in [3.63, 3.8) is 0 Å². The van der Waals surface area contributed by atoms with Gasteiger partial charge in [0, 0.05) is 12.1 Å². The monoisotopic (exact) mass is 331 g/mol. The van der Waals surface area contributed by atoms with Gasteiger partial charge in [-0.25, -0.2) is 4.79 Å². The molecule has 3 rings (SSSR count). The molecule has 24 heavy (non-hydrogen) atoms. The normalized spacial score (nSPS) is 17.9. The fraction of sp³-hybridized carbons (Fsp3) is 0.444. The summed E-state index contributed by atoms with van der Waals surface area (Å²) in [5.41, 5.74) is 0.791. The number of fused-ring (bicyclic) bond motifs is 1. The first-order valence-corrected chi connectivity index (χ1v) is 8.20. The van der Waals surface area contributed by atoms with Crippen LogP contribution >= 0.6 is 0 Å². The van der Waals surface area contributed by atoms with Crippen molar-refractivity contribution in [2.45, 2.75) is 44.8 Å². The van der Waals surface area contributed by atoms with Gasteiger partial charge in [0.1, 0.15) is 0 Å². The minimum Gasteiger partial charge on any atom is -0.454 e. The summed E-state index contributed by atoms with van der Waals surface area (Å²) in [7, 11) is 0. The molecule has 1 heterocycles. The highest BCUT2D eigenvalue weighted by Crippen LogP contribution is 2.32. The van der Waals surface area contributed by atoms with Crippen LogP contribution in [-0.4, -0.2) is 30.8 Å². The first-order chi connectivity index (χ1) is 11.6. The Balaban J connectivity index is 1.50. The molecule has 1 saturated carbocycles. The van der Waals surface area contributed by atoms with Crippen LogP contribution in [0, 0.1) is 0 Å². The zero-order chi connectivity index (χ0) is 16.9. The average molecular weight is 331 g/mol. The Morgan fingerprint density at radius 1 is 1.25 bits per heavy atom. The minimum atomic E-state index is -0.806. The lowest BCUT2D eigenvalue weighted by Crippen LogP contribution is -2.40. The Morgan fingerprint density at radius 2 is 2.00 bits per heavy atom.